The van der Waals surface area contributed by atoms with E-state index in [4.69, 9.17) is 5.11 Å². The van der Waals surface area contributed by atoms with Crippen molar-refractivity contribution in [1.82, 2.24) is 0 Å². The van der Waals surface area contributed by atoms with Crippen LogP contribution in [0.15, 0.2) is 24.3 Å². The van der Waals surface area contributed by atoms with Crippen LogP contribution in [0.3, 0.4) is 0 Å². The van der Waals surface area contributed by atoms with Gasteiger partial charge in [-0.25, -0.2) is 0 Å². The molecule has 0 heterocycles. The van der Waals surface area contributed by atoms with E-state index in [-0.39, 0.29) is 0 Å². The fraction of sp³-hybridized carbons (Fsp3) is 0.538. The van der Waals surface area contributed by atoms with Gasteiger partial charge in [0, 0.05) is 5.25 Å². The second-order valence-electron chi connectivity index (χ2n) is 3.10. The van der Waals surface area contributed by atoms with Crippen molar-refractivity contribution in [3.05, 3.63) is 29.8 Å². The molecule has 1 atom stereocenters. The summed E-state index contributed by atoms with van der Waals surface area (Å²) in [7, 11) is 0. The molecule has 0 radical (unpaired) electrons. The summed E-state index contributed by atoms with van der Waals surface area (Å²) < 4.78 is 0. The van der Waals surface area contributed by atoms with Crippen molar-refractivity contribution in [1.29, 1.82) is 0 Å². The minimum absolute atomic E-state index is 0.347. The normalized spacial score (nSPS) is 11.5. The molecule has 0 aliphatic carbocycles. The summed E-state index contributed by atoms with van der Waals surface area (Å²) in [6, 6.07) is 7.53. The molecular weight excluding hydrogens is 204 g/mol. The van der Waals surface area contributed by atoms with Crippen molar-refractivity contribution in [3.8, 4) is 5.75 Å². The molecule has 2 heteroatoms. The van der Waals surface area contributed by atoms with Crippen LogP contribution >= 0.6 is 11.8 Å². The fourth-order valence-electron chi connectivity index (χ4n) is 1.37. The van der Waals surface area contributed by atoms with Crippen molar-refractivity contribution in [3.63, 3.8) is 0 Å². The summed E-state index contributed by atoms with van der Waals surface area (Å²) >= 11 is 1.87. The van der Waals surface area contributed by atoms with Gasteiger partial charge in [0.15, 0.2) is 0 Å². The smallest absolute Gasteiger partial charge is 0.115 e. The molecular formula is C13H22OS. The Hall–Kier alpha value is -0.630. The third-order valence-corrected chi connectivity index (χ3v) is 3.18. The van der Waals surface area contributed by atoms with Gasteiger partial charge in [-0.3, -0.25) is 0 Å². The van der Waals surface area contributed by atoms with E-state index in [1.54, 1.807) is 12.1 Å². The molecule has 0 spiro atoms. The van der Waals surface area contributed by atoms with E-state index >= 15 is 0 Å². The molecule has 1 aromatic rings. The van der Waals surface area contributed by atoms with Gasteiger partial charge in [-0.15, -0.1) is 0 Å². The maximum atomic E-state index is 9.13. The Bertz CT molecular complexity index is 243. The minimum atomic E-state index is 0.347. The number of thioether (sulfide) groups is 1. The summed E-state index contributed by atoms with van der Waals surface area (Å²) in [6.07, 6.45) is 4.53. The number of aromatic hydroxyl groups is 1. The SMILES string of the molecule is CC.CCCC(SC)c1ccc(O)cc1. The molecule has 0 saturated heterocycles. The van der Waals surface area contributed by atoms with Crippen LogP contribution in [0.1, 0.15) is 44.4 Å². The molecule has 0 aliphatic heterocycles. The number of rotatable bonds is 4. The number of hydrogen-bond donors (Lipinski definition) is 1. The Morgan fingerprint density at radius 2 is 1.73 bits per heavy atom. The molecule has 1 aromatic carbocycles. The summed E-state index contributed by atoms with van der Waals surface area (Å²) in [5, 5.41) is 9.71. The predicted octanol–water partition coefficient (Wildman–Crippen LogP) is 4.62. The lowest BCUT2D eigenvalue weighted by Crippen LogP contribution is -1.91. The van der Waals surface area contributed by atoms with Crippen LogP contribution in [0.4, 0.5) is 0 Å². The van der Waals surface area contributed by atoms with E-state index in [1.807, 2.05) is 37.7 Å². The monoisotopic (exact) mass is 226 g/mol. The quantitative estimate of drug-likeness (QED) is 0.808. The van der Waals surface area contributed by atoms with E-state index < -0.39 is 0 Å². The average molecular weight is 226 g/mol. The Morgan fingerprint density at radius 3 is 2.13 bits per heavy atom. The highest BCUT2D eigenvalue weighted by Gasteiger charge is 2.07. The second-order valence-corrected chi connectivity index (χ2v) is 4.14. The summed E-state index contributed by atoms with van der Waals surface area (Å²) in [5.74, 6) is 0.347. The van der Waals surface area contributed by atoms with Gasteiger partial charge < -0.3 is 5.11 Å². The van der Waals surface area contributed by atoms with Gasteiger partial charge in [0.1, 0.15) is 5.75 Å². The van der Waals surface area contributed by atoms with Crippen LogP contribution in [0.25, 0.3) is 0 Å². The van der Waals surface area contributed by atoms with E-state index in [0.29, 0.717) is 11.0 Å². The lowest BCUT2D eigenvalue weighted by Gasteiger charge is -2.13. The zero-order valence-corrected chi connectivity index (χ0v) is 11.0. The van der Waals surface area contributed by atoms with Crippen LogP contribution < -0.4 is 0 Å². The van der Waals surface area contributed by atoms with E-state index in [2.05, 4.69) is 13.2 Å². The Labute approximate surface area is 97.9 Å². The third-order valence-electron chi connectivity index (χ3n) is 2.10. The second kappa shape index (κ2) is 8.66. The highest BCUT2D eigenvalue weighted by molar-refractivity contribution is 7.98. The molecule has 1 nitrogen and oxygen atoms in total. The first-order chi connectivity index (χ1) is 7.27. The highest BCUT2D eigenvalue weighted by Crippen LogP contribution is 2.31. The van der Waals surface area contributed by atoms with E-state index in [1.165, 1.54) is 18.4 Å². The molecule has 1 rings (SSSR count). The van der Waals surface area contributed by atoms with Crippen molar-refractivity contribution in [2.45, 2.75) is 38.9 Å². The predicted molar refractivity (Wildman–Crippen MR) is 70.6 cm³/mol. The fourth-order valence-corrected chi connectivity index (χ4v) is 2.27. The molecule has 15 heavy (non-hydrogen) atoms. The lowest BCUT2D eigenvalue weighted by atomic mass is 10.1. The molecule has 86 valence electrons. The van der Waals surface area contributed by atoms with Gasteiger partial charge in [-0.05, 0) is 30.4 Å². The van der Waals surface area contributed by atoms with Crippen LogP contribution in [0, 0.1) is 0 Å². The zero-order chi connectivity index (χ0) is 11.7. The van der Waals surface area contributed by atoms with Crippen LogP contribution in [0.2, 0.25) is 0 Å². The standard InChI is InChI=1S/C11H16OS.C2H6/c1-3-4-11(13-2)9-5-7-10(12)8-6-9;1-2/h5-8,11-12H,3-4H2,1-2H3;1-2H3. The van der Waals surface area contributed by atoms with Gasteiger partial charge in [0.25, 0.3) is 0 Å². The summed E-state index contributed by atoms with van der Waals surface area (Å²) in [5.41, 5.74) is 1.31. The molecule has 1 N–H and O–H groups in total. The number of benzene rings is 1. The molecule has 1 unspecified atom stereocenters. The lowest BCUT2D eigenvalue weighted by molar-refractivity contribution is 0.475. The Morgan fingerprint density at radius 1 is 1.20 bits per heavy atom. The largest absolute Gasteiger partial charge is 0.508 e. The van der Waals surface area contributed by atoms with Gasteiger partial charge in [0.05, 0.1) is 0 Å². The summed E-state index contributed by atoms with van der Waals surface area (Å²) in [6.45, 7) is 6.20. The first-order valence-electron chi connectivity index (χ1n) is 5.59. The zero-order valence-electron chi connectivity index (χ0n) is 10.2. The summed E-state index contributed by atoms with van der Waals surface area (Å²) in [4.78, 5) is 0. The van der Waals surface area contributed by atoms with Gasteiger partial charge in [0.2, 0.25) is 0 Å². The average Bonchev–Trinajstić information content (AvgIpc) is 2.30. The van der Waals surface area contributed by atoms with Crippen molar-refractivity contribution >= 4 is 11.8 Å². The van der Waals surface area contributed by atoms with Crippen molar-refractivity contribution < 1.29 is 5.11 Å². The topological polar surface area (TPSA) is 20.2 Å². The Balaban J connectivity index is 0.000000921. The molecule has 0 saturated carbocycles. The van der Waals surface area contributed by atoms with Crippen LogP contribution in [-0.2, 0) is 0 Å². The molecule has 0 fully saturated rings. The van der Waals surface area contributed by atoms with Gasteiger partial charge in [-0.1, -0.05) is 39.3 Å². The minimum Gasteiger partial charge on any atom is -0.508 e. The van der Waals surface area contributed by atoms with Gasteiger partial charge in [-0.2, -0.15) is 11.8 Å². The number of hydrogen-bond acceptors (Lipinski definition) is 2. The van der Waals surface area contributed by atoms with Crippen LogP contribution in [-0.4, -0.2) is 11.4 Å². The van der Waals surface area contributed by atoms with Crippen molar-refractivity contribution in [2.75, 3.05) is 6.26 Å². The Kier molecular flexibility index (Phi) is 8.30. The van der Waals surface area contributed by atoms with Crippen molar-refractivity contribution in [2.24, 2.45) is 0 Å². The first kappa shape index (κ1) is 14.4. The molecule has 0 amide bonds. The third kappa shape index (κ3) is 5.12. The first-order valence-corrected chi connectivity index (χ1v) is 6.88. The maximum Gasteiger partial charge on any atom is 0.115 e. The molecule has 0 bridgehead atoms. The van der Waals surface area contributed by atoms with E-state index in [9.17, 15) is 0 Å². The number of phenolic OH excluding ortho intramolecular Hbond substituents is 1. The number of phenols is 1. The van der Waals surface area contributed by atoms with Crippen LogP contribution in [0.5, 0.6) is 5.75 Å². The maximum absolute atomic E-state index is 9.13. The molecule has 0 aromatic heterocycles. The molecule has 0 aliphatic rings. The highest BCUT2D eigenvalue weighted by atomic mass is 32.2. The van der Waals surface area contributed by atoms with Gasteiger partial charge >= 0.3 is 0 Å². The van der Waals surface area contributed by atoms with E-state index in [0.717, 1.165) is 0 Å².